The first-order valence-corrected chi connectivity index (χ1v) is 6.33. The molecule has 0 saturated carbocycles. The number of nitro groups is 1. The maximum atomic E-state index is 12.3. The van der Waals surface area contributed by atoms with Gasteiger partial charge in [-0.1, -0.05) is 12.1 Å². The zero-order valence-electron chi connectivity index (χ0n) is 12.0. The van der Waals surface area contributed by atoms with E-state index in [4.69, 9.17) is 9.47 Å². The van der Waals surface area contributed by atoms with E-state index < -0.39 is 10.8 Å². The summed E-state index contributed by atoms with van der Waals surface area (Å²) in [6, 6.07) is 10.7. The first-order chi connectivity index (χ1) is 10.6. The number of para-hydroxylation sites is 1. The van der Waals surface area contributed by atoms with Gasteiger partial charge in [-0.15, -0.1) is 0 Å². The predicted octanol–water partition coefficient (Wildman–Crippen LogP) is 2.86. The first kappa shape index (κ1) is 15.3. The summed E-state index contributed by atoms with van der Waals surface area (Å²) in [4.78, 5) is 22.6. The van der Waals surface area contributed by atoms with E-state index in [1.807, 2.05) is 0 Å². The molecule has 2 rings (SSSR count). The number of carbonyl (C=O) groups is 1. The second-order valence-electron chi connectivity index (χ2n) is 4.30. The van der Waals surface area contributed by atoms with Crippen molar-refractivity contribution in [2.75, 3.05) is 19.5 Å². The molecule has 0 bridgehead atoms. The molecule has 0 atom stereocenters. The number of non-ortho nitro benzene ring substituents is 1. The van der Waals surface area contributed by atoms with E-state index in [1.54, 1.807) is 24.3 Å². The molecule has 0 unspecified atom stereocenters. The Morgan fingerprint density at radius 1 is 1.09 bits per heavy atom. The first-order valence-electron chi connectivity index (χ1n) is 6.33. The molecule has 0 spiro atoms. The summed E-state index contributed by atoms with van der Waals surface area (Å²) in [5.74, 6) is 0.287. The van der Waals surface area contributed by atoms with Crippen LogP contribution in [0.5, 0.6) is 11.5 Å². The molecule has 0 aromatic heterocycles. The monoisotopic (exact) mass is 302 g/mol. The van der Waals surface area contributed by atoms with Gasteiger partial charge in [0.15, 0.2) is 0 Å². The summed E-state index contributed by atoms with van der Waals surface area (Å²) in [7, 11) is 2.87. The molecule has 1 amide bonds. The van der Waals surface area contributed by atoms with Crippen molar-refractivity contribution in [3.05, 3.63) is 58.1 Å². The van der Waals surface area contributed by atoms with Crippen LogP contribution in [0, 0.1) is 10.1 Å². The van der Waals surface area contributed by atoms with Gasteiger partial charge in [-0.25, -0.2) is 0 Å². The van der Waals surface area contributed by atoms with E-state index >= 15 is 0 Å². The molecule has 2 aromatic carbocycles. The van der Waals surface area contributed by atoms with Crippen molar-refractivity contribution in [3.63, 3.8) is 0 Å². The second-order valence-corrected chi connectivity index (χ2v) is 4.30. The third kappa shape index (κ3) is 3.14. The quantitative estimate of drug-likeness (QED) is 0.677. The summed E-state index contributed by atoms with van der Waals surface area (Å²) in [5, 5.41) is 13.4. The number of nitro benzene ring substituents is 1. The van der Waals surface area contributed by atoms with E-state index in [2.05, 4.69) is 5.32 Å². The van der Waals surface area contributed by atoms with Crippen molar-refractivity contribution >= 4 is 17.3 Å². The standard InChI is InChI=1S/C15H14N2O5/c1-21-13-6-4-3-5-11(13)15(18)16-12-9-10(17(19)20)7-8-14(12)22-2/h3-9H,1-2H3,(H,16,18). The van der Waals surface area contributed by atoms with Gasteiger partial charge in [-0.2, -0.15) is 0 Å². The lowest BCUT2D eigenvalue weighted by molar-refractivity contribution is -0.384. The molecule has 0 heterocycles. The Kier molecular flexibility index (Phi) is 4.57. The van der Waals surface area contributed by atoms with Crippen molar-refractivity contribution < 1.29 is 19.2 Å². The van der Waals surface area contributed by atoms with Crippen LogP contribution in [0.15, 0.2) is 42.5 Å². The number of hydrogen-bond acceptors (Lipinski definition) is 5. The Hall–Kier alpha value is -3.09. The minimum atomic E-state index is -0.543. The molecule has 0 radical (unpaired) electrons. The highest BCUT2D eigenvalue weighted by Crippen LogP contribution is 2.30. The highest BCUT2D eigenvalue weighted by Gasteiger charge is 2.16. The molecular formula is C15H14N2O5. The summed E-state index contributed by atoms with van der Waals surface area (Å²) in [6.07, 6.45) is 0. The normalized spacial score (nSPS) is 9.91. The average Bonchev–Trinajstić information content (AvgIpc) is 2.54. The van der Waals surface area contributed by atoms with Crippen LogP contribution in [0.4, 0.5) is 11.4 Å². The number of nitrogens with zero attached hydrogens (tertiary/aromatic N) is 1. The molecule has 7 heteroatoms. The fraction of sp³-hybridized carbons (Fsp3) is 0.133. The van der Waals surface area contributed by atoms with Crippen molar-refractivity contribution in [1.82, 2.24) is 0 Å². The molecule has 0 aliphatic heterocycles. The Balaban J connectivity index is 2.35. The fourth-order valence-electron chi connectivity index (χ4n) is 1.93. The molecule has 0 saturated heterocycles. The molecule has 7 nitrogen and oxygen atoms in total. The number of methoxy groups -OCH3 is 2. The Labute approximate surface area is 126 Å². The number of hydrogen-bond donors (Lipinski definition) is 1. The lowest BCUT2D eigenvalue weighted by Gasteiger charge is -2.11. The van der Waals surface area contributed by atoms with E-state index in [-0.39, 0.29) is 11.4 Å². The third-order valence-corrected chi connectivity index (χ3v) is 2.99. The van der Waals surface area contributed by atoms with Crippen molar-refractivity contribution in [1.29, 1.82) is 0 Å². The van der Waals surface area contributed by atoms with Gasteiger partial charge in [0, 0.05) is 12.1 Å². The van der Waals surface area contributed by atoms with Crippen LogP contribution in [0.1, 0.15) is 10.4 Å². The van der Waals surface area contributed by atoms with Gasteiger partial charge >= 0.3 is 0 Å². The number of ether oxygens (including phenoxy) is 2. The minimum absolute atomic E-state index is 0.142. The van der Waals surface area contributed by atoms with E-state index in [0.29, 0.717) is 17.1 Å². The number of amides is 1. The zero-order valence-corrected chi connectivity index (χ0v) is 12.0. The van der Waals surface area contributed by atoms with Crippen molar-refractivity contribution in [2.24, 2.45) is 0 Å². The molecule has 22 heavy (non-hydrogen) atoms. The molecule has 0 aliphatic rings. The Bertz CT molecular complexity index is 715. The van der Waals surface area contributed by atoms with E-state index in [9.17, 15) is 14.9 Å². The van der Waals surface area contributed by atoms with Crippen LogP contribution in [-0.2, 0) is 0 Å². The molecule has 0 fully saturated rings. The average molecular weight is 302 g/mol. The van der Waals surface area contributed by atoms with Gasteiger partial charge in [0.2, 0.25) is 0 Å². The second kappa shape index (κ2) is 6.57. The van der Waals surface area contributed by atoms with Crippen LogP contribution < -0.4 is 14.8 Å². The smallest absolute Gasteiger partial charge is 0.271 e. The van der Waals surface area contributed by atoms with Gasteiger partial charge in [0.1, 0.15) is 11.5 Å². The maximum Gasteiger partial charge on any atom is 0.271 e. The number of nitrogens with one attached hydrogen (secondary N) is 1. The van der Waals surface area contributed by atoms with Crippen LogP contribution >= 0.6 is 0 Å². The molecule has 0 aliphatic carbocycles. The lowest BCUT2D eigenvalue weighted by Crippen LogP contribution is -2.14. The van der Waals surface area contributed by atoms with Gasteiger partial charge in [-0.3, -0.25) is 14.9 Å². The minimum Gasteiger partial charge on any atom is -0.496 e. The van der Waals surface area contributed by atoms with Gasteiger partial charge < -0.3 is 14.8 Å². The van der Waals surface area contributed by atoms with Crippen LogP contribution in [0.3, 0.4) is 0 Å². The highest BCUT2D eigenvalue weighted by molar-refractivity contribution is 6.07. The summed E-state index contributed by atoms with van der Waals surface area (Å²) >= 11 is 0. The number of carbonyl (C=O) groups excluding carboxylic acids is 1. The van der Waals surface area contributed by atoms with Gasteiger partial charge in [-0.05, 0) is 18.2 Å². The van der Waals surface area contributed by atoms with E-state index in [1.165, 1.54) is 32.4 Å². The van der Waals surface area contributed by atoms with Crippen molar-refractivity contribution in [3.8, 4) is 11.5 Å². The summed E-state index contributed by atoms with van der Waals surface area (Å²) in [6.45, 7) is 0. The van der Waals surface area contributed by atoms with Crippen LogP contribution in [0.25, 0.3) is 0 Å². The topological polar surface area (TPSA) is 90.7 Å². The largest absolute Gasteiger partial charge is 0.496 e. The predicted molar refractivity (Wildman–Crippen MR) is 80.6 cm³/mol. The fourth-order valence-corrected chi connectivity index (χ4v) is 1.93. The van der Waals surface area contributed by atoms with Gasteiger partial charge in [0.25, 0.3) is 11.6 Å². The van der Waals surface area contributed by atoms with Crippen LogP contribution in [-0.4, -0.2) is 25.1 Å². The Morgan fingerprint density at radius 2 is 1.77 bits per heavy atom. The summed E-state index contributed by atoms with van der Waals surface area (Å²) in [5.41, 5.74) is 0.391. The molecule has 1 N–H and O–H groups in total. The van der Waals surface area contributed by atoms with Crippen molar-refractivity contribution in [2.45, 2.75) is 0 Å². The van der Waals surface area contributed by atoms with Crippen LogP contribution in [0.2, 0.25) is 0 Å². The number of benzene rings is 2. The van der Waals surface area contributed by atoms with Gasteiger partial charge in [0.05, 0.1) is 30.4 Å². The zero-order chi connectivity index (χ0) is 16.1. The maximum absolute atomic E-state index is 12.3. The molecule has 114 valence electrons. The molecular weight excluding hydrogens is 288 g/mol. The third-order valence-electron chi connectivity index (χ3n) is 2.99. The number of rotatable bonds is 5. The number of anilines is 1. The molecule has 2 aromatic rings. The summed E-state index contributed by atoms with van der Waals surface area (Å²) < 4.78 is 10.2. The van der Waals surface area contributed by atoms with E-state index in [0.717, 1.165) is 0 Å². The highest BCUT2D eigenvalue weighted by atomic mass is 16.6. The SMILES string of the molecule is COc1ccc([N+](=O)[O-])cc1NC(=O)c1ccccc1OC. The Morgan fingerprint density at radius 3 is 2.41 bits per heavy atom. The lowest BCUT2D eigenvalue weighted by atomic mass is 10.1.